The van der Waals surface area contributed by atoms with E-state index in [9.17, 15) is 13.2 Å². The molecular weight excluding hydrogens is 386 g/mol. The molecule has 0 saturated carbocycles. The van der Waals surface area contributed by atoms with Crippen LogP contribution in [0.15, 0.2) is 59.5 Å². The van der Waals surface area contributed by atoms with Gasteiger partial charge in [0, 0.05) is 38.1 Å². The van der Waals surface area contributed by atoms with E-state index in [0.717, 1.165) is 5.56 Å². The van der Waals surface area contributed by atoms with Crippen LogP contribution in [0.2, 0.25) is 5.02 Å². The van der Waals surface area contributed by atoms with Crippen molar-refractivity contribution in [3.8, 4) is 0 Å². The molecule has 0 spiro atoms. The van der Waals surface area contributed by atoms with Gasteiger partial charge in [0.2, 0.25) is 15.9 Å². The van der Waals surface area contributed by atoms with Gasteiger partial charge in [0.05, 0.1) is 4.90 Å². The van der Waals surface area contributed by atoms with E-state index in [1.807, 2.05) is 35.2 Å². The molecule has 0 aromatic heterocycles. The Hall–Kier alpha value is -1.93. The molecule has 1 amide bonds. The molecule has 144 valence electrons. The number of nitrogens with one attached hydrogen (secondary N) is 1. The molecule has 1 heterocycles. The average Bonchev–Trinajstić information content (AvgIpc) is 2.67. The zero-order valence-electron chi connectivity index (χ0n) is 15.0. The SMILES string of the molecule is CC(=O)N1CCN(C(NS(=O)(=O)c2ccc(Cl)cc2)c2ccccc2)CC1. The van der Waals surface area contributed by atoms with Gasteiger partial charge in [0.25, 0.3) is 0 Å². The maximum absolute atomic E-state index is 12.9. The molecule has 2 aromatic rings. The summed E-state index contributed by atoms with van der Waals surface area (Å²) in [5, 5.41) is 0.480. The molecule has 1 aliphatic heterocycles. The van der Waals surface area contributed by atoms with Crippen molar-refractivity contribution >= 4 is 27.5 Å². The number of sulfonamides is 1. The van der Waals surface area contributed by atoms with Gasteiger partial charge in [-0.15, -0.1) is 0 Å². The molecule has 8 heteroatoms. The van der Waals surface area contributed by atoms with Crippen LogP contribution in [0.3, 0.4) is 0 Å². The Morgan fingerprint density at radius 1 is 1.00 bits per heavy atom. The Morgan fingerprint density at radius 2 is 1.59 bits per heavy atom. The van der Waals surface area contributed by atoms with Crippen molar-refractivity contribution in [3.05, 3.63) is 65.2 Å². The van der Waals surface area contributed by atoms with Gasteiger partial charge < -0.3 is 4.90 Å². The van der Waals surface area contributed by atoms with Crippen LogP contribution in [0.5, 0.6) is 0 Å². The number of carbonyl (C=O) groups is 1. The van der Waals surface area contributed by atoms with Crippen LogP contribution < -0.4 is 4.72 Å². The number of hydrogen-bond acceptors (Lipinski definition) is 4. The van der Waals surface area contributed by atoms with Crippen molar-refractivity contribution in [3.63, 3.8) is 0 Å². The zero-order valence-corrected chi connectivity index (χ0v) is 16.6. The fourth-order valence-corrected chi connectivity index (χ4v) is 4.45. The first-order valence-electron chi connectivity index (χ1n) is 8.69. The van der Waals surface area contributed by atoms with Gasteiger partial charge in [-0.3, -0.25) is 9.69 Å². The van der Waals surface area contributed by atoms with Crippen LogP contribution in [0, 0.1) is 0 Å². The van der Waals surface area contributed by atoms with Gasteiger partial charge >= 0.3 is 0 Å². The Kier molecular flexibility index (Phi) is 6.16. The first-order valence-corrected chi connectivity index (χ1v) is 10.6. The van der Waals surface area contributed by atoms with Crippen molar-refractivity contribution in [2.24, 2.45) is 0 Å². The minimum absolute atomic E-state index is 0.0349. The molecule has 3 rings (SSSR count). The highest BCUT2D eigenvalue weighted by molar-refractivity contribution is 7.89. The lowest BCUT2D eigenvalue weighted by molar-refractivity contribution is -0.130. The first kappa shape index (κ1) is 19.8. The lowest BCUT2D eigenvalue weighted by atomic mass is 10.1. The summed E-state index contributed by atoms with van der Waals surface area (Å²) in [6.07, 6.45) is -0.513. The summed E-state index contributed by atoms with van der Waals surface area (Å²) in [5.41, 5.74) is 0.853. The van der Waals surface area contributed by atoms with Gasteiger partial charge in [-0.05, 0) is 29.8 Å². The van der Waals surface area contributed by atoms with Gasteiger partial charge in [-0.1, -0.05) is 41.9 Å². The smallest absolute Gasteiger partial charge is 0.242 e. The molecule has 2 aromatic carbocycles. The summed E-state index contributed by atoms with van der Waals surface area (Å²) in [6, 6.07) is 15.5. The highest BCUT2D eigenvalue weighted by Gasteiger charge is 2.29. The van der Waals surface area contributed by atoms with Gasteiger partial charge in [-0.2, -0.15) is 4.72 Å². The Balaban J connectivity index is 1.85. The maximum Gasteiger partial charge on any atom is 0.242 e. The third kappa shape index (κ3) is 4.87. The molecule has 0 radical (unpaired) electrons. The molecule has 0 bridgehead atoms. The number of amides is 1. The molecular formula is C19H22ClN3O3S. The van der Waals surface area contributed by atoms with E-state index in [1.54, 1.807) is 24.0 Å². The van der Waals surface area contributed by atoms with Crippen molar-refractivity contribution in [2.75, 3.05) is 26.2 Å². The van der Waals surface area contributed by atoms with E-state index >= 15 is 0 Å². The summed E-state index contributed by atoms with van der Waals surface area (Å²) >= 11 is 5.87. The van der Waals surface area contributed by atoms with Crippen LogP contribution in [-0.4, -0.2) is 50.3 Å². The topological polar surface area (TPSA) is 69.7 Å². The van der Waals surface area contributed by atoms with E-state index in [2.05, 4.69) is 4.72 Å². The third-order valence-electron chi connectivity index (χ3n) is 4.63. The van der Waals surface area contributed by atoms with Gasteiger partial charge in [0.15, 0.2) is 0 Å². The Labute approximate surface area is 164 Å². The fraction of sp³-hybridized carbons (Fsp3) is 0.316. The highest BCUT2D eigenvalue weighted by Crippen LogP contribution is 2.23. The predicted molar refractivity (Wildman–Crippen MR) is 105 cm³/mol. The minimum Gasteiger partial charge on any atom is -0.340 e. The molecule has 1 saturated heterocycles. The van der Waals surface area contributed by atoms with E-state index in [4.69, 9.17) is 11.6 Å². The van der Waals surface area contributed by atoms with E-state index in [0.29, 0.717) is 31.2 Å². The first-order chi connectivity index (χ1) is 12.9. The number of benzene rings is 2. The number of hydrogen-bond donors (Lipinski definition) is 1. The van der Waals surface area contributed by atoms with Crippen molar-refractivity contribution in [1.82, 2.24) is 14.5 Å². The fourth-order valence-electron chi connectivity index (χ4n) is 3.11. The van der Waals surface area contributed by atoms with Gasteiger partial charge in [-0.25, -0.2) is 8.42 Å². The number of halogens is 1. The third-order valence-corrected chi connectivity index (χ3v) is 6.31. The van der Waals surface area contributed by atoms with E-state index in [1.165, 1.54) is 12.1 Å². The van der Waals surface area contributed by atoms with Crippen LogP contribution in [0.4, 0.5) is 0 Å². The highest BCUT2D eigenvalue weighted by atomic mass is 35.5. The molecule has 1 aliphatic rings. The van der Waals surface area contributed by atoms with E-state index < -0.39 is 16.2 Å². The molecule has 1 N–H and O–H groups in total. The molecule has 1 unspecified atom stereocenters. The number of rotatable bonds is 5. The number of carbonyl (C=O) groups excluding carboxylic acids is 1. The van der Waals surface area contributed by atoms with Crippen molar-refractivity contribution < 1.29 is 13.2 Å². The van der Waals surface area contributed by atoms with Crippen molar-refractivity contribution in [2.45, 2.75) is 18.0 Å². The van der Waals surface area contributed by atoms with Crippen LogP contribution in [0.1, 0.15) is 18.7 Å². The van der Waals surface area contributed by atoms with Crippen LogP contribution in [-0.2, 0) is 14.8 Å². The monoisotopic (exact) mass is 407 g/mol. The molecule has 27 heavy (non-hydrogen) atoms. The lowest BCUT2D eigenvalue weighted by Crippen LogP contribution is -2.52. The predicted octanol–water partition coefficient (Wildman–Crippen LogP) is 2.48. The molecule has 6 nitrogen and oxygen atoms in total. The second-order valence-corrected chi connectivity index (χ2v) is 8.58. The normalized spacial score (nSPS) is 16.9. The molecule has 1 atom stereocenters. The summed E-state index contributed by atoms with van der Waals surface area (Å²) in [6.45, 7) is 3.86. The number of nitrogens with zero attached hydrogens (tertiary/aromatic N) is 2. The quantitative estimate of drug-likeness (QED) is 0.826. The Bertz CT molecular complexity index is 880. The average molecular weight is 408 g/mol. The standard InChI is InChI=1S/C19H22ClN3O3S/c1-15(24)22-11-13-23(14-12-22)19(16-5-3-2-4-6-16)21-27(25,26)18-9-7-17(20)8-10-18/h2-10,19,21H,11-14H2,1H3. The summed E-state index contributed by atoms with van der Waals surface area (Å²) in [4.78, 5) is 15.5. The lowest BCUT2D eigenvalue weighted by Gasteiger charge is -2.39. The van der Waals surface area contributed by atoms with Crippen LogP contribution >= 0.6 is 11.6 Å². The van der Waals surface area contributed by atoms with Crippen LogP contribution in [0.25, 0.3) is 0 Å². The van der Waals surface area contributed by atoms with Gasteiger partial charge in [0.1, 0.15) is 6.17 Å². The number of piperazine rings is 1. The molecule has 0 aliphatic carbocycles. The van der Waals surface area contributed by atoms with E-state index in [-0.39, 0.29) is 10.8 Å². The second kappa shape index (κ2) is 8.39. The van der Waals surface area contributed by atoms with Crippen molar-refractivity contribution in [1.29, 1.82) is 0 Å². The zero-order chi connectivity index (χ0) is 19.4. The summed E-state index contributed by atoms with van der Waals surface area (Å²) in [7, 11) is -3.73. The Morgan fingerprint density at radius 3 is 2.15 bits per heavy atom. The summed E-state index contributed by atoms with van der Waals surface area (Å²) in [5.74, 6) is 0.0349. The second-order valence-electron chi connectivity index (χ2n) is 6.43. The largest absolute Gasteiger partial charge is 0.340 e. The minimum atomic E-state index is -3.73. The maximum atomic E-state index is 12.9. The molecule has 1 fully saturated rings. The summed E-state index contributed by atoms with van der Waals surface area (Å²) < 4.78 is 28.6.